The molecule has 10 nitrogen and oxygen atoms in total. The van der Waals surface area contributed by atoms with Crippen molar-refractivity contribution in [3.05, 3.63) is 42.2 Å². The average Bonchev–Trinajstić information content (AvgIpc) is 3.17. The normalized spacial score (nSPS) is 14.9. The van der Waals surface area contributed by atoms with Crippen LogP contribution >= 0.6 is 0 Å². The zero-order valence-electron chi connectivity index (χ0n) is 18.0. The first-order chi connectivity index (χ1) is 15.3. The SMILES string of the molecule is CCn1ncc2c(NC3CCOCC3)c(C(=O)Nc3cccc(NS(C)(=O)=O)c3)cnc21. The van der Waals surface area contributed by atoms with E-state index in [4.69, 9.17) is 4.74 Å². The van der Waals surface area contributed by atoms with Gasteiger partial charge in [0.1, 0.15) is 0 Å². The maximum Gasteiger partial charge on any atom is 0.259 e. The zero-order chi connectivity index (χ0) is 22.7. The minimum Gasteiger partial charge on any atom is -0.381 e. The summed E-state index contributed by atoms with van der Waals surface area (Å²) < 4.78 is 32.7. The van der Waals surface area contributed by atoms with Crippen LogP contribution in [0, 0.1) is 0 Å². The molecule has 0 aliphatic carbocycles. The molecule has 0 saturated carbocycles. The van der Waals surface area contributed by atoms with E-state index in [1.165, 1.54) is 0 Å². The lowest BCUT2D eigenvalue weighted by molar-refractivity contribution is 0.0904. The minimum absolute atomic E-state index is 0.174. The van der Waals surface area contributed by atoms with E-state index in [0.29, 0.717) is 48.0 Å². The minimum atomic E-state index is -3.42. The number of carbonyl (C=O) groups is 1. The second-order valence-electron chi connectivity index (χ2n) is 7.68. The van der Waals surface area contributed by atoms with E-state index in [0.717, 1.165) is 24.5 Å². The first-order valence-electron chi connectivity index (χ1n) is 10.4. The van der Waals surface area contributed by atoms with Crippen molar-refractivity contribution >= 4 is 44.0 Å². The van der Waals surface area contributed by atoms with Crippen LogP contribution in [0.15, 0.2) is 36.7 Å². The molecule has 1 amide bonds. The summed E-state index contributed by atoms with van der Waals surface area (Å²) in [4.78, 5) is 17.7. The molecule has 170 valence electrons. The van der Waals surface area contributed by atoms with E-state index >= 15 is 0 Å². The third kappa shape index (κ3) is 5.00. The molecule has 2 aromatic heterocycles. The molecule has 3 heterocycles. The zero-order valence-corrected chi connectivity index (χ0v) is 18.8. The smallest absolute Gasteiger partial charge is 0.259 e. The number of hydrogen-bond acceptors (Lipinski definition) is 7. The van der Waals surface area contributed by atoms with Gasteiger partial charge in [-0.2, -0.15) is 5.10 Å². The lowest BCUT2D eigenvalue weighted by Gasteiger charge is -2.25. The summed E-state index contributed by atoms with van der Waals surface area (Å²) in [5, 5.41) is 11.5. The van der Waals surface area contributed by atoms with Crippen LogP contribution in [0.2, 0.25) is 0 Å². The number of hydrogen-bond donors (Lipinski definition) is 3. The Labute approximate surface area is 186 Å². The second-order valence-corrected chi connectivity index (χ2v) is 9.43. The number of aromatic nitrogens is 3. The molecule has 11 heteroatoms. The van der Waals surface area contributed by atoms with Crippen LogP contribution in [-0.4, -0.2) is 54.6 Å². The Balaban J connectivity index is 1.66. The molecule has 1 aliphatic heterocycles. The summed E-state index contributed by atoms with van der Waals surface area (Å²) in [7, 11) is -3.42. The second kappa shape index (κ2) is 9.13. The number of rotatable bonds is 7. The number of benzene rings is 1. The van der Waals surface area contributed by atoms with Crippen molar-refractivity contribution in [2.24, 2.45) is 0 Å². The molecular formula is C21H26N6O4S. The van der Waals surface area contributed by atoms with Gasteiger partial charge in [0.05, 0.1) is 34.8 Å². The molecule has 1 fully saturated rings. The quantitative estimate of drug-likeness (QED) is 0.497. The van der Waals surface area contributed by atoms with Gasteiger partial charge in [-0.15, -0.1) is 0 Å². The highest BCUT2D eigenvalue weighted by Crippen LogP contribution is 2.29. The summed E-state index contributed by atoms with van der Waals surface area (Å²) >= 11 is 0. The lowest BCUT2D eigenvalue weighted by atomic mass is 10.1. The van der Waals surface area contributed by atoms with E-state index in [2.05, 4.69) is 25.4 Å². The Kier molecular flexibility index (Phi) is 6.28. The van der Waals surface area contributed by atoms with Gasteiger partial charge in [0, 0.05) is 37.7 Å². The largest absolute Gasteiger partial charge is 0.381 e. The fraction of sp³-hybridized carbons (Fsp3) is 0.381. The molecule has 4 rings (SSSR count). The Morgan fingerprint density at radius 3 is 2.69 bits per heavy atom. The monoisotopic (exact) mass is 458 g/mol. The van der Waals surface area contributed by atoms with Gasteiger partial charge in [0.15, 0.2) is 5.65 Å². The van der Waals surface area contributed by atoms with Crippen molar-refractivity contribution in [2.45, 2.75) is 32.4 Å². The molecule has 0 atom stereocenters. The van der Waals surface area contributed by atoms with Crippen molar-refractivity contribution < 1.29 is 17.9 Å². The third-order valence-electron chi connectivity index (χ3n) is 5.20. The standard InChI is InChI=1S/C21H26N6O4S/c1-3-27-20-17(13-23-27)19(24-14-7-9-31-10-8-14)18(12-22-20)21(28)25-15-5-4-6-16(11-15)26-32(2,29)30/h4-6,11-14,26H,3,7-10H2,1-2H3,(H,22,24)(H,25,28). The molecule has 3 N–H and O–H groups in total. The molecule has 1 aromatic carbocycles. The number of sulfonamides is 1. The highest BCUT2D eigenvalue weighted by molar-refractivity contribution is 7.92. The lowest BCUT2D eigenvalue weighted by Crippen LogP contribution is -2.29. The molecule has 0 radical (unpaired) electrons. The van der Waals surface area contributed by atoms with Crippen molar-refractivity contribution in [2.75, 3.05) is 34.8 Å². The summed E-state index contributed by atoms with van der Waals surface area (Å²) in [5.41, 5.74) is 2.61. The Morgan fingerprint density at radius 2 is 1.97 bits per heavy atom. The summed E-state index contributed by atoms with van der Waals surface area (Å²) in [5.74, 6) is -0.352. The van der Waals surface area contributed by atoms with Gasteiger partial charge in [-0.05, 0) is 38.0 Å². The number of anilines is 3. The molecule has 1 saturated heterocycles. The summed E-state index contributed by atoms with van der Waals surface area (Å²) in [6.07, 6.45) is 6.02. The van der Waals surface area contributed by atoms with Crippen LogP contribution in [0.1, 0.15) is 30.1 Å². The summed E-state index contributed by atoms with van der Waals surface area (Å²) in [6.45, 7) is 3.99. The fourth-order valence-electron chi connectivity index (χ4n) is 3.70. The van der Waals surface area contributed by atoms with E-state index in [-0.39, 0.29) is 11.9 Å². The number of nitrogens with one attached hydrogen (secondary N) is 3. The predicted molar refractivity (Wildman–Crippen MR) is 124 cm³/mol. The Morgan fingerprint density at radius 1 is 1.22 bits per heavy atom. The van der Waals surface area contributed by atoms with Gasteiger partial charge in [-0.3, -0.25) is 9.52 Å². The number of nitrogens with zero attached hydrogens (tertiary/aromatic N) is 3. The van der Waals surface area contributed by atoms with Crippen LogP contribution in [0.4, 0.5) is 17.1 Å². The molecule has 32 heavy (non-hydrogen) atoms. The highest BCUT2D eigenvalue weighted by Gasteiger charge is 2.22. The summed E-state index contributed by atoms with van der Waals surface area (Å²) in [6, 6.07) is 6.70. The maximum atomic E-state index is 13.2. The van der Waals surface area contributed by atoms with Gasteiger partial charge in [-0.1, -0.05) is 6.07 Å². The van der Waals surface area contributed by atoms with Gasteiger partial charge >= 0.3 is 0 Å². The fourth-order valence-corrected chi connectivity index (χ4v) is 4.26. The average molecular weight is 459 g/mol. The van der Waals surface area contributed by atoms with Crippen LogP contribution < -0.4 is 15.4 Å². The number of fused-ring (bicyclic) bond motifs is 1. The van der Waals surface area contributed by atoms with Crippen molar-refractivity contribution in [3.63, 3.8) is 0 Å². The first-order valence-corrected chi connectivity index (χ1v) is 12.3. The number of pyridine rings is 1. The van der Waals surface area contributed by atoms with E-state index < -0.39 is 10.0 Å². The van der Waals surface area contributed by atoms with Gasteiger partial charge < -0.3 is 15.4 Å². The number of ether oxygens (including phenoxy) is 1. The molecule has 1 aliphatic rings. The van der Waals surface area contributed by atoms with Crippen LogP contribution in [-0.2, 0) is 21.3 Å². The third-order valence-corrected chi connectivity index (χ3v) is 5.81. The van der Waals surface area contributed by atoms with E-state index in [1.54, 1.807) is 41.3 Å². The van der Waals surface area contributed by atoms with Gasteiger partial charge in [0.2, 0.25) is 10.0 Å². The van der Waals surface area contributed by atoms with Crippen LogP contribution in [0.25, 0.3) is 11.0 Å². The molecule has 0 spiro atoms. The molecule has 0 bridgehead atoms. The number of aryl methyl sites for hydroxylation is 1. The van der Waals surface area contributed by atoms with Crippen molar-refractivity contribution in [1.82, 2.24) is 14.8 Å². The maximum absolute atomic E-state index is 13.2. The Hall–Kier alpha value is -3.18. The van der Waals surface area contributed by atoms with Gasteiger partial charge in [-0.25, -0.2) is 18.1 Å². The molecule has 3 aromatic rings. The molecule has 0 unspecified atom stereocenters. The van der Waals surface area contributed by atoms with Crippen molar-refractivity contribution in [3.8, 4) is 0 Å². The first kappa shape index (κ1) is 22.0. The van der Waals surface area contributed by atoms with Crippen LogP contribution in [0.5, 0.6) is 0 Å². The van der Waals surface area contributed by atoms with Crippen molar-refractivity contribution in [1.29, 1.82) is 0 Å². The predicted octanol–water partition coefficient (Wildman–Crippen LogP) is 2.67. The van der Waals surface area contributed by atoms with Crippen LogP contribution in [0.3, 0.4) is 0 Å². The Bertz CT molecular complexity index is 1230. The van der Waals surface area contributed by atoms with Gasteiger partial charge in [0.25, 0.3) is 5.91 Å². The van der Waals surface area contributed by atoms with E-state index in [1.807, 2.05) is 6.92 Å². The number of amides is 1. The number of carbonyl (C=O) groups excluding carboxylic acids is 1. The molecular weight excluding hydrogens is 432 g/mol. The highest BCUT2D eigenvalue weighted by atomic mass is 32.2. The topological polar surface area (TPSA) is 127 Å². The van der Waals surface area contributed by atoms with E-state index in [9.17, 15) is 13.2 Å².